The van der Waals surface area contributed by atoms with Crippen molar-refractivity contribution in [3.05, 3.63) is 17.7 Å². The minimum Gasteiger partial charge on any atom is -0.496 e. The van der Waals surface area contributed by atoms with Gasteiger partial charge in [-0.25, -0.2) is 4.99 Å². The average molecular weight is 295 g/mol. The van der Waals surface area contributed by atoms with Crippen molar-refractivity contribution in [3.63, 3.8) is 0 Å². The maximum atomic E-state index is 5.64. The van der Waals surface area contributed by atoms with E-state index in [0.717, 1.165) is 5.56 Å². The van der Waals surface area contributed by atoms with E-state index in [1.165, 1.54) is 0 Å². The molecule has 1 aliphatic heterocycles. The molecule has 0 atom stereocenters. The molecule has 0 N–H and O–H groups in total. The molecule has 2 rings (SSSR count). The number of ether oxygens (including phenoxy) is 4. The van der Waals surface area contributed by atoms with Crippen molar-refractivity contribution in [2.45, 2.75) is 33.2 Å². The Hall–Kier alpha value is -1.91. The van der Waals surface area contributed by atoms with Crippen LogP contribution in [0.25, 0.3) is 0 Å². The van der Waals surface area contributed by atoms with Crippen LogP contribution in [0.5, 0.6) is 17.2 Å². The Morgan fingerprint density at radius 1 is 0.952 bits per heavy atom. The Morgan fingerprint density at radius 2 is 1.48 bits per heavy atom. The number of aliphatic imine (C=N–C) groups is 1. The van der Waals surface area contributed by atoms with Crippen molar-refractivity contribution in [1.82, 2.24) is 0 Å². The van der Waals surface area contributed by atoms with E-state index >= 15 is 0 Å². The van der Waals surface area contributed by atoms with E-state index in [-0.39, 0.29) is 5.54 Å². The predicted molar refractivity (Wildman–Crippen MR) is 84.0 cm³/mol. The molecule has 1 aromatic carbocycles. The molecule has 0 amide bonds. The topological polar surface area (TPSA) is 49.3 Å². The van der Waals surface area contributed by atoms with Gasteiger partial charge >= 0.3 is 0 Å². The number of benzene rings is 1. The molecule has 0 unspecified atom stereocenters. The summed E-state index contributed by atoms with van der Waals surface area (Å²) in [7, 11) is 4.78. The number of hydrogen-bond donors (Lipinski definition) is 0. The van der Waals surface area contributed by atoms with E-state index in [1.807, 2.05) is 33.8 Å². The zero-order valence-electron chi connectivity index (χ0n) is 13.9. The zero-order chi connectivity index (χ0) is 16.0. The van der Waals surface area contributed by atoms with E-state index in [0.29, 0.717) is 29.8 Å². The Balaban J connectivity index is 0.00000106. The van der Waals surface area contributed by atoms with Crippen molar-refractivity contribution in [1.29, 1.82) is 0 Å². The van der Waals surface area contributed by atoms with Gasteiger partial charge in [0, 0.05) is 12.1 Å². The molecule has 0 fully saturated rings. The second kappa shape index (κ2) is 7.20. The Labute approximate surface area is 126 Å². The summed E-state index contributed by atoms with van der Waals surface area (Å²) in [4.78, 5) is 4.55. The smallest absolute Gasteiger partial charge is 0.220 e. The lowest BCUT2D eigenvalue weighted by molar-refractivity contribution is 0.278. The summed E-state index contributed by atoms with van der Waals surface area (Å²) >= 11 is 0. The second-order valence-corrected chi connectivity index (χ2v) is 4.93. The number of hydrogen-bond acceptors (Lipinski definition) is 5. The van der Waals surface area contributed by atoms with Crippen LogP contribution in [-0.2, 0) is 4.74 Å². The molecule has 5 heteroatoms. The third-order valence-corrected chi connectivity index (χ3v) is 2.90. The first-order valence-electron chi connectivity index (χ1n) is 7.04. The quantitative estimate of drug-likeness (QED) is 0.855. The third kappa shape index (κ3) is 3.80. The molecule has 21 heavy (non-hydrogen) atoms. The summed E-state index contributed by atoms with van der Waals surface area (Å²) in [6.07, 6.45) is 0. The molecule has 0 radical (unpaired) electrons. The van der Waals surface area contributed by atoms with Crippen LogP contribution >= 0.6 is 0 Å². The third-order valence-electron chi connectivity index (χ3n) is 2.90. The highest BCUT2D eigenvalue weighted by atomic mass is 16.5. The molecule has 118 valence electrons. The van der Waals surface area contributed by atoms with Gasteiger partial charge in [-0.15, -0.1) is 0 Å². The van der Waals surface area contributed by atoms with E-state index in [2.05, 4.69) is 4.99 Å². The first kappa shape index (κ1) is 17.1. The molecule has 5 nitrogen and oxygen atoms in total. The molecular weight excluding hydrogens is 270 g/mol. The van der Waals surface area contributed by atoms with Crippen LogP contribution in [0.1, 0.15) is 33.3 Å². The Bertz CT molecular complexity index is 509. The Morgan fingerprint density at radius 3 is 1.90 bits per heavy atom. The molecule has 0 aliphatic carbocycles. The number of rotatable bonds is 4. The van der Waals surface area contributed by atoms with Gasteiger partial charge in [0.05, 0.1) is 32.4 Å². The fourth-order valence-corrected chi connectivity index (χ4v) is 1.92. The summed E-state index contributed by atoms with van der Waals surface area (Å²) in [6.45, 7) is 8.60. The molecule has 0 spiro atoms. The molecule has 0 saturated heterocycles. The van der Waals surface area contributed by atoms with Gasteiger partial charge in [0.1, 0.15) is 12.4 Å². The van der Waals surface area contributed by atoms with Crippen molar-refractivity contribution in [3.8, 4) is 17.2 Å². The van der Waals surface area contributed by atoms with Crippen LogP contribution < -0.4 is 14.2 Å². The summed E-state index contributed by atoms with van der Waals surface area (Å²) in [5, 5.41) is 0. The van der Waals surface area contributed by atoms with E-state index in [4.69, 9.17) is 18.9 Å². The SMILES string of the molecule is CC.COc1cc(OC)c(C2=NC(C)(C)CO2)cc1OC. The van der Waals surface area contributed by atoms with Gasteiger partial charge in [-0.1, -0.05) is 13.8 Å². The fourth-order valence-electron chi connectivity index (χ4n) is 1.92. The monoisotopic (exact) mass is 295 g/mol. The summed E-state index contributed by atoms with van der Waals surface area (Å²) in [5.74, 6) is 2.45. The highest BCUT2D eigenvalue weighted by Crippen LogP contribution is 2.36. The molecule has 0 bridgehead atoms. The van der Waals surface area contributed by atoms with Crippen LogP contribution in [-0.4, -0.2) is 39.4 Å². The minimum absolute atomic E-state index is 0.215. The Kier molecular flexibility index (Phi) is 5.88. The molecular formula is C16H25NO4. The number of nitrogens with zero attached hydrogens (tertiary/aromatic N) is 1. The van der Waals surface area contributed by atoms with Crippen molar-refractivity contribution in [2.75, 3.05) is 27.9 Å². The molecule has 1 aliphatic rings. The normalized spacial score (nSPS) is 15.3. The van der Waals surface area contributed by atoms with Crippen LogP contribution in [0.15, 0.2) is 17.1 Å². The summed E-state index contributed by atoms with van der Waals surface area (Å²) in [5.41, 5.74) is 0.554. The lowest BCUT2D eigenvalue weighted by Gasteiger charge is -2.13. The standard InChI is InChI=1S/C14H19NO4.C2H6/c1-14(2)8-19-13(15-14)9-6-11(17-4)12(18-5)7-10(9)16-3;1-2/h6-7H,8H2,1-5H3;1-2H3. The van der Waals surface area contributed by atoms with Crippen LogP contribution in [0.2, 0.25) is 0 Å². The van der Waals surface area contributed by atoms with Crippen LogP contribution in [0.4, 0.5) is 0 Å². The van der Waals surface area contributed by atoms with Crippen molar-refractivity contribution >= 4 is 5.90 Å². The van der Waals surface area contributed by atoms with Gasteiger partial charge in [0.25, 0.3) is 0 Å². The first-order chi connectivity index (χ1) is 10.0. The predicted octanol–water partition coefficient (Wildman–Crippen LogP) is 3.29. The summed E-state index contributed by atoms with van der Waals surface area (Å²) in [6, 6.07) is 3.59. The van der Waals surface area contributed by atoms with Gasteiger partial charge in [-0.3, -0.25) is 0 Å². The van der Waals surface area contributed by atoms with Crippen LogP contribution in [0.3, 0.4) is 0 Å². The molecule has 1 heterocycles. The first-order valence-corrected chi connectivity index (χ1v) is 7.04. The lowest BCUT2D eigenvalue weighted by Crippen LogP contribution is -2.17. The van der Waals surface area contributed by atoms with Crippen molar-refractivity contribution in [2.24, 2.45) is 4.99 Å². The lowest BCUT2D eigenvalue weighted by atomic mass is 10.1. The van der Waals surface area contributed by atoms with Gasteiger partial charge in [-0.05, 0) is 13.8 Å². The zero-order valence-corrected chi connectivity index (χ0v) is 13.9. The second-order valence-electron chi connectivity index (χ2n) is 4.93. The highest BCUT2D eigenvalue weighted by Gasteiger charge is 2.29. The maximum Gasteiger partial charge on any atom is 0.220 e. The average Bonchev–Trinajstić information content (AvgIpc) is 2.87. The van der Waals surface area contributed by atoms with Gasteiger partial charge < -0.3 is 18.9 Å². The molecule has 0 saturated carbocycles. The van der Waals surface area contributed by atoms with Gasteiger partial charge in [0.2, 0.25) is 5.90 Å². The highest BCUT2D eigenvalue weighted by molar-refractivity contribution is 5.98. The fraction of sp³-hybridized carbons (Fsp3) is 0.562. The van der Waals surface area contributed by atoms with Gasteiger partial charge in [-0.2, -0.15) is 0 Å². The van der Waals surface area contributed by atoms with Gasteiger partial charge in [0.15, 0.2) is 11.5 Å². The summed E-state index contributed by atoms with van der Waals surface area (Å²) < 4.78 is 21.6. The van der Waals surface area contributed by atoms with E-state index < -0.39 is 0 Å². The maximum absolute atomic E-state index is 5.64. The number of methoxy groups -OCH3 is 3. The molecule has 0 aromatic heterocycles. The van der Waals surface area contributed by atoms with Crippen molar-refractivity contribution < 1.29 is 18.9 Å². The molecule has 1 aromatic rings. The van der Waals surface area contributed by atoms with E-state index in [9.17, 15) is 0 Å². The largest absolute Gasteiger partial charge is 0.496 e. The van der Waals surface area contributed by atoms with Crippen LogP contribution in [0, 0.1) is 0 Å². The van der Waals surface area contributed by atoms with E-state index in [1.54, 1.807) is 27.4 Å². The minimum atomic E-state index is -0.215.